The highest BCUT2D eigenvalue weighted by Gasteiger charge is 2.30. The summed E-state index contributed by atoms with van der Waals surface area (Å²) in [4.78, 5) is 2.01. The topological polar surface area (TPSA) is 40.6 Å². The van der Waals surface area contributed by atoms with Crippen molar-refractivity contribution >= 4 is 10.0 Å². The Hall–Kier alpha value is -0.270. The first-order valence-corrected chi connectivity index (χ1v) is 6.86. The molecule has 1 aliphatic heterocycles. The number of piperazine rings is 1. The average Bonchev–Trinajstić information content (AvgIpc) is 2.15. The summed E-state index contributed by atoms with van der Waals surface area (Å²) in [6, 6.07) is 0. The maximum absolute atomic E-state index is 12.6. The Morgan fingerprint density at radius 3 is 2.12 bits per heavy atom. The first-order valence-electron chi connectivity index (χ1n) is 5.25. The summed E-state index contributed by atoms with van der Waals surface area (Å²) in [7, 11) is -1.61. The first-order chi connectivity index (χ1) is 7.21. The Kier molecular flexibility index (Phi) is 4.25. The van der Waals surface area contributed by atoms with Gasteiger partial charge in [-0.05, 0) is 14.0 Å². The van der Waals surface area contributed by atoms with Crippen LogP contribution in [0.2, 0.25) is 0 Å². The molecule has 0 atom stereocenters. The van der Waals surface area contributed by atoms with Crippen LogP contribution in [0.3, 0.4) is 0 Å². The van der Waals surface area contributed by atoms with Gasteiger partial charge < -0.3 is 4.90 Å². The average molecular weight is 256 g/mol. The van der Waals surface area contributed by atoms with Crippen LogP contribution in [0.1, 0.15) is 13.3 Å². The van der Waals surface area contributed by atoms with Gasteiger partial charge in [0.05, 0.1) is 5.75 Å². The molecule has 0 aromatic heterocycles. The van der Waals surface area contributed by atoms with Crippen molar-refractivity contribution in [3.8, 4) is 0 Å². The van der Waals surface area contributed by atoms with Crippen molar-refractivity contribution in [2.24, 2.45) is 0 Å². The maximum atomic E-state index is 12.6. The van der Waals surface area contributed by atoms with Crippen molar-refractivity contribution in [3.05, 3.63) is 0 Å². The van der Waals surface area contributed by atoms with Gasteiger partial charge in [-0.3, -0.25) is 0 Å². The third-order valence-electron chi connectivity index (χ3n) is 2.65. The number of halogens is 2. The summed E-state index contributed by atoms with van der Waals surface area (Å²) < 4.78 is 49.9. The summed E-state index contributed by atoms with van der Waals surface area (Å²) >= 11 is 0. The van der Waals surface area contributed by atoms with Gasteiger partial charge in [0.25, 0.3) is 0 Å². The molecule has 0 radical (unpaired) electrons. The van der Waals surface area contributed by atoms with Gasteiger partial charge >= 0.3 is 0 Å². The molecule has 0 amide bonds. The van der Waals surface area contributed by atoms with Crippen molar-refractivity contribution in [2.45, 2.75) is 19.3 Å². The molecule has 0 aromatic carbocycles. The minimum atomic E-state index is -3.51. The summed E-state index contributed by atoms with van der Waals surface area (Å²) in [5.74, 6) is -3.39. The zero-order chi connectivity index (χ0) is 12.4. The van der Waals surface area contributed by atoms with Crippen LogP contribution >= 0.6 is 0 Å². The van der Waals surface area contributed by atoms with E-state index >= 15 is 0 Å². The number of hydrogen-bond donors (Lipinski definition) is 0. The minimum Gasteiger partial charge on any atom is -0.304 e. The third kappa shape index (κ3) is 4.31. The molecule has 1 heterocycles. The first kappa shape index (κ1) is 13.8. The Bertz CT molecular complexity index is 319. The van der Waals surface area contributed by atoms with Gasteiger partial charge in [0.15, 0.2) is 0 Å². The number of nitrogens with zero attached hydrogens (tertiary/aromatic N) is 2. The van der Waals surface area contributed by atoms with Gasteiger partial charge in [-0.15, -0.1) is 0 Å². The standard InChI is InChI=1S/C9H18F2N2O2S/c1-9(10,11)3-8-16(14,15)13-6-4-12(2)5-7-13/h3-8H2,1-2H3. The van der Waals surface area contributed by atoms with Gasteiger partial charge in [-0.2, -0.15) is 4.31 Å². The number of hydrogen-bond acceptors (Lipinski definition) is 3. The van der Waals surface area contributed by atoms with E-state index in [0.29, 0.717) is 26.2 Å². The molecule has 1 saturated heterocycles. The summed E-state index contributed by atoms with van der Waals surface area (Å²) in [6.45, 7) is 2.85. The van der Waals surface area contributed by atoms with E-state index in [1.807, 2.05) is 11.9 Å². The van der Waals surface area contributed by atoms with Crippen LogP contribution in [0.5, 0.6) is 0 Å². The minimum absolute atomic E-state index is 0.397. The molecule has 1 rings (SSSR count). The fourth-order valence-electron chi connectivity index (χ4n) is 1.50. The molecular formula is C9H18F2N2O2S. The second-order valence-corrected chi connectivity index (χ2v) is 6.43. The highest BCUT2D eigenvalue weighted by Crippen LogP contribution is 2.19. The molecule has 1 aliphatic rings. The molecule has 0 saturated carbocycles. The molecule has 0 bridgehead atoms. The van der Waals surface area contributed by atoms with Gasteiger partial charge in [-0.25, -0.2) is 17.2 Å². The van der Waals surface area contributed by atoms with E-state index in [9.17, 15) is 17.2 Å². The zero-order valence-corrected chi connectivity index (χ0v) is 10.4. The van der Waals surface area contributed by atoms with Crippen LogP contribution in [0.15, 0.2) is 0 Å². The van der Waals surface area contributed by atoms with Crippen molar-refractivity contribution in [3.63, 3.8) is 0 Å². The van der Waals surface area contributed by atoms with Gasteiger partial charge in [0.1, 0.15) is 0 Å². The molecule has 7 heteroatoms. The van der Waals surface area contributed by atoms with Gasteiger partial charge in [-0.1, -0.05) is 0 Å². The molecule has 96 valence electrons. The molecule has 16 heavy (non-hydrogen) atoms. The maximum Gasteiger partial charge on any atom is 0.246 e. The van der Waals surface area contributed by atoms with E-state index in [0.717, 1.165) is 6.92 Å². The van der Waals surface area contributed by atoms with Gasteiger partial charge in [0, 0.05) is 32.6 Å². The quantitative estimate of drug-likeness (QED) is 0.740. The number of sulfonamides is 1. The highest BCUT2D eigenvalue weighted by atomic mass is 32.2. The SMILES string of the molecule is CN1CCN(S(=O)(=O)CCC(C)(F)F)CC1. The van der Waals surface area contributed by atoms with Crippen LogP contribution in [0.4, 0.5) is 8.78 Å². The second kappa shape index (κ2) is 4.93. The molecule has 4 nitrogen and oxygen atoms in total. The summed E-state index contributed by atoms with van der Waals surface area (Å²) in [6.07, 6.45) is -0.609. The Morgan fingerprint density at radius 1 is 1.19 bits per heavy atom. The largest absolute Gasteiger partial charge is 0.304 e. The van der Waals surface area contributed by atoms with E-state index in [1.165, 1.54) is 4.31 Å². The molecule has 0 N–H and O–H groups in total. The smallest absolute Gasteiger partial charge is 0.246 e. The number of alkyl halides is 2. The van der Waals surface area contributed by atoms with Crippen molar-refractivity contribution in [1.82, 2.24) is 9.21 Å². The molecule has 0 aliphatic carbocycles. The van der Waals surface area contributed by atoms with Crippen LogP contribution in [-0.4, -0.2) is 62.5 Å². The Labute approximate surface area is 95.3 Å². The summed E-state index contributed by atoms with van der Waals surface area (Å²) in [5, 5.41) is 0. The molecular weight excluding hydrogens is 238 g/mol. The van der Waals surface area contributed by atoms with E-state index in [-0.39, 0.29) is 0 Å². The highest BCUT2D eigenvalue weighted by molar-refractivity contribution is 7.89. The number of likely N-dealkylation sites (N-methyl/N-ethyl adjacent to an activating group) is 1. The fraction of sp³-hybridized carbons (Fsp3) is 1.00. The number of rotatable bonds is 4. The van der Waals surface area contributed by atoms with Crippen LogP contribution < -0.4 is 0 Å². The molecule has 0 spiro atoms. The van der Waals surface area contributed by atoms with Crippen LogP contribution in [0, 0.1) is 0 Å². The predicted molar refractivity (Wildman–Crippen MR) is 58.1 cm³/mol. The van der Waals surface area contributed by atoms with Crippen LogP contribution in [0.25, 0.3) is 0 Å². The molecule has 0 unspecified atom stereocenters. The van der Waals surface area contributed by atoms with Crippen molar-refractivity contribution in [2.75, 3.05) is 39.0 Å². The Balaban J connectivity index is 2.51. The summed E-state index contributed by atoms with van der Waals surface area (Å²) in [5.41, 5.74) is 0. The third-order valence-corrected chi connectivity index (χ3v) is 4.53. The van der Waals surface area contributed by atoms with E-state index < -0.39 is 28.1 Å². The van der Waals surface area contributed by atoms with E-state index in [1.54, 1.807) is 0 Å². The molecule has 0 aromatic rings. The lowest BCUT2D eigenvalue weighted by Crippen LogP contribution is -2.48. The fourth-order valence-corrected chi connectivity index (χ4v) is 3.10. The van der Waals surface area contributed by atoms with Gasteiger partial charge in [0.2, 0.25) is 15.9 Å². The van der Waals surface area contributed by atoms with E-state index in [2.05, 4.69) is 0 Å². The lowest BCUT2D eigenvalue weighted by Gasteiger charge is -2.31. The van der Waals surface area contributed by atoms with E-state index in [4.69, 9.17) is 0 Å². The van der Waals surface area contributed by atoms with Crippen molar-refractivity contribution in [1.29, 1.82) is 0 Å². The monoisotopic (exact) mass is 256 g/mol. The Morgan fingerprint density at radius 2 is 1.69 bits per heavy atom. The lowest BCUT2D eigenvalue weighted by molar-refractivity contribution is 0.0186. The normalized spacial score (nSPS) is 21.2. The lowest BCUT2D eigenvalue weighted by atomic mass is 10.3. The predicted octanol–water partition coefficient (Wildman–Crippen LogP) is 0.609. The van der Waals surface area contributed by atoms with Crippen LogP contribution in [-0.2, 0) is 10.0 Å². The van der Waals surface area contributed by atoms with Crippen molar-refractivity contribution < 1.29 is 17.2 Å². The second-order valence-electron chi connectivity index (χ2n) is 4.34. The molecule has 1 fully saturated rings. The zero-order valence-electron chi connectivity index (χ0n) is 9.62.